The Hall–Kier alpha value is -1.03. The molecule has 1 rings (SSSR count). The number of alkyl halides is 3. The Kier molecular flexibility index (Phi) is 6.35. The molecule has 0 saturated heterocycles. The molecular formula is C15H22F3N. The highest BCUT2D eigenvalue weighted by molar-refractivity contribution is 5.32. The third-order valence-corrected chi connectivity index (χ3v) is 3.13. The third kappa shape index (κ3) is 4.86. The summed E-state index contributed by atoms with van der Waals surface area (Å²) in [5.41, 5.74) is -0.142. The first-order valence-corrected chi connectivity index (χ1v) is 6.90. The fraction of sp³-hybridized carbons (Fsp3) is 0.600. The summed E-state index contributed by atoms with van der Waals surface area (Å²) < 4.78 is 39.1. The van der Waals surface area contributed by atoms with Gasteiger partial charge in [-0.05, 0) is 31.0 Å². The fourth-order valence-electron chi connectivity index (χ4n) is 2.15. The van der Waals surface area contributed by atoms with Gasteiger partial charge in [0.2, 0.25) is 0 Å². The van der Waals surface area contributed by atoms with E-state index in [-0.39, 0.29) is 6.04 Å². The molecule has 0 aliphatic carbocycles. The van der Waals surface area contributed by atoms with E-state index in [2.05, 4.69) is 5.32 Å². The predicted molar refractivity (Wildman–Crippen MR) is 72.0 cm³/mol. The van der Waals surface area contributed by atoms with E-state index in [0.29, 0.717) is 5.56 Å². The van der Waals surface area contributed by atoms with E-state index in [1.54, 1.807) is 12.1 Å². The van der Waals surface area contributed by atoms with Crippen molar-refractivity contribution in [1.29, 1.82) is 0 Å². The van der Waals surface area contributed by atoms with Crippen LogP contribution in [0.1, 0.15) is 56.7 Å². The van der Waals surface area contributed by atoms with Crippen molar-refractivity contribution in [3.8, 4) is 0 Å². The summed E-state index contributed by atoms with van der Waals surface area (Å²) in [4.78, 5) is 0. The minimum Gasteiger partial charge on any atom is -0.310 e. The van der Waals surface area contributed by atoms with Crippen LogP contribution in [0, 0.1) is 0 Å². The summed E-state index contributed by atoms with van der Waals surface area (Å²) in [6.45, 7) is 4.80. The Labute approximate surface area is 113 Å². The van der Waals surface area contributed by atoms with Crippen LogP contribution in [0.5, 0.6) is 0 Å². The van der Waals surface area contributed by atoms with Crippen LogP contribution in [-0.4, -0.2) is 6.54 Å². The number of rotatable bonds is 7. The second-order valence-electron chi connectivity index (χ2n) is 4.73. The molecule has 0 bridgehead atoms. The van der Waals surface area contributed by atoms with Crippen molar-refractivity contribution in [2.45, 2.75) is 51.7 Å². The molecule has 0 heterocycles. The topological polar surface area (TPSA) is 12.0 Å². The van der Waals surface area contributed by atoms with Crippen LogP contribution < -0.4 is 5.32 Å². The average Bonchev–Trinajstić information content (AvgIpc) is 2.38. The lowest BCUT2D eigenvalue weighted by Crippen LogP contribution is -2.25. The first-order chi connectivity index (χ1) is 9.00. The van der Waals surface area contributed by atoms with Crippen LogP contribution in [0.15, 0.2) is 24.3 Å². The first kappa shape index (κ1) is 16.0. The Morgan fingerprint density at radius 2 is 1.79 bits per heavy atom. The van der Waals surface area contributed by atoms with Crippen molar-refractivity contribution >= 4 is 0 Å². The zero-order valence-corrected chi connectivity index (χ0v) is 11.6. The summed E-state index contributed by atoms with van der Waals surface area (Å²) in [7, 11) is 0. The number of hydrogen-bond acceptors (Lipinski definition) is 1. The SMILES string of the molecule is CCCCC(NCCC)c1ccccc1C(F)(F)F. The lowest BCUT2D eigenvalue weighted by Gasteiger charge is -2.22. The molecular weight excluding hydrogens is 251 g/mol. The van der Waals surface area contributed by atoms with Crippen molar-refractivity contribution in [1.82, 2.24) is 5.32 Å². The molecule has 1 nitrogen and oxygen atoms in total. The largest absolute Gasteiger partial charge is 0.416 e. The van der Waals surface area contributed by atoms with Gasteiger partial charge in [0, 0.05) is 6.04 Å². The Balaban J connectivity index is 3.00. The number of nitrogens with one attached hydrogen (secondary N) is 1. The van der Waals surface area contributed by atoms with Crippen molar-refractivity contribution in [2.24, 2.45) is 0 Å². The highest BCUT2D eigenvalue weighted by Gasteiger charge is 2.34. The molecule has 0 fully saturated rings. The molecule has 4 heteroatoms. The van der Waals surface area contributed by atoms with Gasteiger partial charge in [0.05, 0.1) is 5.56 Å². The smallest absolute Gasteiger partial charge is 0.310 e. The van der Waals surface area contributed by atoms with Crippen molar-refractivity contribution in [3.05, 3.63) is 35.4 Å². The number of halogens is 3. The van der Waals surface area contributed by atoms with Crippen molar-refractivity contribution < 1.29 is 13.2 Å². The van der Waals surface area contributed by atoms with Crippen LogP contribution >= 0.6 is 0 Å². The maximum absolute atomic E-state index is 13.0. The maximum atomic E-state index is 13.0. The standard InChI is InChI=1S/C15H22F3N/c1-3-5-10-14(19-11-4-2)12-8-6-7-9-13(12)15(16,17)18/h6-9,14,19H,3-5,10-11H2,1-2H3. The van der Waals surface area contributed by atoms with E-state index >= 15 is 0 Å². The molecule has 0 amide bonds. The van der Waals surface area contributed by atoms with E-state index in [9.17, 15) is 13.2 Å². The fourth-order valence-corrected chi connectivity index (χ4v) is 2.15. The quantitative estimate of drug-likeness (QED) is 0.742. The van der Waals surface area contributed by atoms with Crippen LogP contribution in [0.25, 0.3) is 0 Å². The zero-order chi connectivity index (χ0) is 14.3. The summed E-state index contributed by atoms with van der Waals surface area (Å²) in [6, 6.07) is 5.67. The van der Waals surface area contributed by atoms with Gasteiger partial charge >= 0.3 is 6.18 Å². The average molecular weight is 273 g/mol. The molecule has 0 saturated carbocycles. The van der Waals surface area contributed by atoms with Gasteiger partial charge in [-0.3, -0.25) is 0 Å². The summed E-state index contributed by atoms with van der Waals surface area (Å²) in [5.74, 6) is 0. The van der Waals surface area contributed by atoms with Gasteiger partial charge in [-0.15, -0.1) is 0 Å². The molecule has 19 heavy (non-hydrogen) atoms. The highest BCUT2D eigenvalue weighted by atomic mass is 19.4. The molecule has 0 aliphatic rings. The minimum atomic E-state index is -4.28. The van der Waals surface area contributed by atoms with Gasteiger partial charge < -0.3 is 5.32 Å². The van der Waals surface area contributed by atoms with Crippen LogP contribution in [-0.2, 0) is 6.18 Å². The normalized spacial score (nSPS) is 13.5. The van der Waals surface area contributed by atoms with Gasteiger partial charge in [-0.25, -0.2) is 0 Å². The van der Waals surface area contributed by atoms with Gasteiger partial charge in [-0.1, -0.05) is 44.9 Å². The molecule has 1 unspecified atom stereocenters. The van der Waals surface area contributed by atoms with E-state index in [0.717, 1.165) is 32.2 Å². The van der Waals surface area contributed by atoms with E-state index < -0.39 is 11.7 Å². The number of benzene rings is 1. The monoisotopic (exact) mass is 273 g/mol. The molecule has 0 spiro atoms. The molecule has 0 radical (unpaired) electrons. The highest BCUT2D eigenvalue weighted by Crippen LogP contribution is 2.35. The summed E-state index contributed by atoms with van der Waals surface area (Å²) in [6.07, 6.45) is -0.721. The molecule has 0 aromatic heterocycles. The second kappa shape index (κ2) is 7.53. The van der Waals surface area contributed by atoms with Crippen LogP contribution in [0.4, 0.5) is 13.2 Å². The van der Waals surface area contributed by atoms with Crippen LogP contribution in [0.2, 0.25) is 0 Å². The van der Waals surface area contributed by atoms with Gasteiger partial charge in [0.1, 0.15) is 0 Å². The second-order valence-corrected chi connectivity index (χ2v) is 4.73. The Morgan fingerprint density at radius 3 is 2.37 bits per heavy atom. The lowest BCUT2D eigenvalue weighted by molar-refractivity contribution is -0.138. The molecule has 0 aliphatic heterocycles. The van der Waals surface area contributed by atoms with Gasteiger partial charge in [0.25, 0.3) is 0 Å². The van der Waals surface area contributed by atoms with E-state index in [1.165, 1.54) is 12.1 Å². The molecule has 1 N–H and O–H groups in total. The predicted octanol–water partition coefficient (Wildman–Crippen LogP) is 4.94. The van der Waals surface area contributed by atoms with E-state index in [4.69, 9.17) is 0 Å². The first-order valence-electron chi connectivity index (χ1n) is 6.90. The van der Waals surface area contributed by atoms with Crippen molar-refractivity contribution in [3.63, 3.8) is 0 Å². The molecule has 1 aromatic carbocycles. The number of hydrogen-bond donors (Lipinski definition) is 1. The zero-order valence-electron chi connectivity index (χ0n) is 11.6. The van der Waals surface area contributed by atoms with E-state index in [1.807, 2.05) is 13.8 Å². The van der Waals surface area contributed by atoms with Crippen molar-refractivity contribution in [2.75, 3.05) is 6.54 Å². The third-order valence-electron chi connectivity index (χ3n) is 3.13. The summed E-state index contributed by atoms with van der Waals surface area (Å²) in [5, 5.41) is 3.23. The molecule has 1 aromatic rings. The minimum absolute atomic E-state index is 0.210. The summed E-state index contributed by atoms with van der Waals surface area (Å²) >= 11 is 0. The lowest BCUT2D eigenvalue weighted by atomic mass is 9.95. The van der Waals surface area contributed by atoms with Crippen LogP contribution in [0.3, 0.4) is 0 Å². The maximum Gasteiger partial charge on any atom is 0.416 e. The molecule has 108 valence electrons. The Morgan fingerprint density at radius 1 is 1.11 bits per heavy atom. The van der Waals surface area contributed by atoms with Gasteiger partial charge in [0.15, 0.2) is 0 Å². The van der Waals surface area contributed by atoms with Gasteiger partial charge in [-0.2, -0.15) is 13.2 Å². The molecule has 1 atom stereocenters. The number of unbranched alkanes of at least 4 members (excludes halogenated alkanes) is 1. The Bertz CT molecular complexity index is 366.